The molecule has 0 radical (unpaired) electrons. The van der Waals surface area contributed by atoms with Crippen LogP contribution in [0.5, 0.6) is 0 Å². The highest BCUT2D eigenvalue weighted by Crippen LogP contribution is 2.24. The largest absolute Gasteiger partial charge is 0.763 e. The van der Waals surface area contributed by atoms with Gasteiger partial charge >= 0.3 is 11.6 Å². The van der Waals surface area contributed by atoms with Crippen molar-refractivity contribution >= 4 is 5.95 Å². The Kier molecular flexibility index (Phi) is 6.60. The van der Waals surface area contributed by atoms with Crippen LogP contribution in [0.25, 0.3) is 10.4 Å². The first kappa shape index (κ1) is 20.4. The number of hydrogen-bond donors (Lipinski definition) is 0. The molecule has 0 atom stereocenters. The minimum absolute atomic E-state index is 0.00487. The molecule has 0 saturated heterocycles. The summed E-state index contributed by atoms with van der Waals surface area (Å²) < 4.78 is 0. The Labute approximate surface area is 144 Å². The highest BCUT2D eigenvalue weighted by Gasteiger charge is 2.76. The van der Waals surface area contributed by atoms with Gasteiger partial charge in [-0.15, -0.1) is 0 Å². The van der Waals surface area contributed by atoms with Gasteiger partial charge in [0, 0.05) is 24.5 Å². The lowest BCUT2D eigenvalue weighted by molar-refractivity contribution is -0.987. The first-order chi connectivity index (χ1) is 12.2. The molecule has 26 heavy (non-hydrogen) atoms. The molecule has 1 aromatic rings. The van der Waals surface area contributed by atoms with E-state index < -0.39 is 26.4 Å². The summed E-state index contributed by atoms with van der Waals surface area (Å²) in [6.07, 6.45) is 0.712. The molecule has 1 aromatic heterocycles. The van der Waals surface area contributed by atoms with Gasteiger partial charge in [-0.2, -0.15) is 9.97 Å². The number of hydrogen-bond acceptors (Lipinski definition) is 11. The molecule has 0 aromatic carbocycles. The molecule has 1 rings (SSSR count). The Balaban J connectivity index is 3.44. The Morgan fingerprint density at radius 3 is 2.27 bits per heavy atom. The van der Waals surface area contributed by atoms with E-state index in [9.17, 15) is 30.3 Å². The van der Waals surface area contributed by atoms with Crippen molar-refractivity contribution in [2.75, 3.05) is 24.5 Å². The van der Waals surface area contributed by atoms with E-state index in [0.29, 0.717) is 12.9 Å². The summed E-state index contributed by atoms with van der Waals surface area (Å²) in [6.45, 7) is 4.05. The van der Waals surface area contributed by atoms with Crippen molar-refractivity contribution in [3.05, 3.63) is 52.9 Å². The van der Waals surface area contributed by atoms with Gasteiger partial charge in [0.25, 0.3) is 0 Å². The summed E-state index contributed by atoms with van der Waals surface area (Å²) in [5, 5.41) is 36.7. The Bertz CT molecular complexity index is 712. The van der Waals surface area contributed by atoms with Crippen LogP contribution in [0.1, 0.15) is 19.7 Å². The molecule has 0 bridgehead atoms. The van der Waals surface area contributed by atoms with Crippen molar-refractivity contribution in [3.8, 4) is 0 Å². The molecule has 1 heterocycles. The highest BCUT2D eigenvalue weighted by molar-refractivity contribution is 5.29. The minimum Gasteiger partial charge on any atom is -0.340 e. The third-order valence-electron chi connectivity index (χ3n) is 3.02. The van der Waals surface area contributed by atoms with E-state index in [1.165, 1.54) is 4.90 Å². The summed E-state index contributed by atoms with van der Waals surface area (Å²) in [5.74, 6) is -5.38. The van der Waals surface area contributed by atoms with Crippen LogP contribution in [0.4, 0.5) is 5.95 Å². The Hall–Kier alpha value is -3.68. The number of nitrogens with zero attached hydrogens (tertiary/aromatic N) is 10. The summed E-state index contributed by atoms with van der Waals surface area (Å²) in [4.78, 5) is 43.0. The first-order valence-corrected chi connectivity index (χ1v) is 7.06. The van der Waals surface area contributed by atoms with Gasteiger partial charge in [-0.1, -0.05) is 19.0 Å². The second-order valence-electron chi connectivity index (χ2n) is 5.31. The second kappa shape index (κ2) is 8.43. The van der Waals surface area contributed by atoms with E-state index in [1.54, 1.807) is 0 Å². The lowest BCUT2D eigenvalue weighted by Crippen LogP contribution is -2.51. The maximum absolute atomic E-state index is 11.1. The van der Waals surface area contributed by atoms with Crippen LogP contribution in [-0.2, 0) is 5.79 Å². The SMILES string of the molecule is CC(C)CN(CCN=[N+]=[N-])c1ncnc(C([N+](=O)[O-])([N+](=O)[O-])[N+](=O)[O-])n1. The van der Waals surface area contributed by atoms with Crippen LogP contribution in [0.2, 0.25) is 0 Å². The molecule has 0 fully saturated rings. The molecule has 16 heteroatoms. The molecule has 0 aliphatic rings. The zero-order valence-corrected chi connectivity index (χ0v) is 13.7. The zero-order valence-electron chi connectivity index (χ0n) is 13.7. The van der Waals surface area contributed by atoms with Crippen LogP contribution in [0.15, 0.2) is 11.4 Å². The minimum atomic E-state index is -3.95. The molecule has 140 valence electrons. The standard InChI is InChI=1S/C10H14N10O6/c1-7(2)5-17(4-3-14-16-11)9-13-6-12-8(15-9)10(18(21)22,19(23)24)20(25)26/h6-7H,3-5H2,1-2H3. The average molecular weight is 370 g/mol. The summed E-state index contributed by atoms with van der Waals surface area (Å²) in [7, 11) is 0. The molecule has 0 unspecified atom stereocenters. The van der Waals surface area contributed by atoms with E-state index in [0.717, 1.165) is 0 Å². The number of nitro groups is 3. The summed E-state index contributed by atoms with van der Waals surface area (Å²) >= 11 is 0. The zero-order chi connectivity index (χ0) is 19.9. The Morgan fingerprint density at radius 1 is 1.23 bits per heavy atom. The lowest BCUT2D eigenvalue weighted by Gasteiger charge is -2.23. The first-order valence-electron chi connectivity index (χ1n) is 7.06. The maximum Gasteiger partial charge on any atom is 0.763 e. The van der Waals surface area contributed by atoms with Gasteiger partial charge in [0.05, 0.1) is 0 Å². The second-order valence-corrected chi connectivity index (χ2v) is 5.31. The van der Waals surface area contributed by atoms with E-state index in [1.807, 2.05) is 13.8 Å². The predicted octanol–water partition coefficient (Wildman–Crippen LogP) is 0.585. The molecule has 0 spiro atoms. The van der Waals surface area contributed by atoms with E-state index in [-0.39, 0.29) is 25.0 Å². The molecule has 0 N–H and O–H groups in total. The van der Waals surface area contributed by atoms with Crippen molar-refractivity contribution in [2.45, 2.75) is 19.6 Å². The van der Waals surface area contributed by atoms with Crippen molar-refractivity contribution < 1.29 is 14.8 Å². The van der Waals surface area contributed by atoms with Crippen molar-refractivity contribution in [2.24, 2.45) is 11.0 Å². The highest BCUT2D eigenvalue weighted by atomic mass is 16.7. The smallest absolute Gasteiger partial charge is 0.340 e. The number of rotatable bonds is 10. The summed E-state index contributed by atoms with van der Waals surface area (Å²) in [5.41, 5.74) is 8.34. The maximum atomic E-state index is 11.1. The van der Waals surface area contributed by atoms with Gasteiger partial charge in [-0.05, 0) is 11.4 Å². The Morgan fingerprint density at radius 2 is 1.81 bits per heavy atom. The van der Waals surface area contributed by atoms with Crippen LogP contribution in [-0.4, -0.2) is 49.4 Å². The van der Waals surface area contributed by atoms with E-state index >= 15 is 0 Å². The average Bonchev–Trinajstić information content (AvgIpc) is 2.53. The molecule has 0 amide bonds. The van der Waals surface area contributed by atoms with Crippen LogP contribution < -0.4 is 4.90 Å². The van der Waals surface area contributed by atoms with Crippen molar-refractivity contribution in [1.29, 1.82) is 0 Å². The van der Waals surface area contributed by atoms with Gasteiger partial charge in [0.1, 0.15) is 6.33 Å². The van der Waals surface area contributed by atoms with Crippen LogP contribution in [0.3, 0.4) is 0 Å². The normalized spacial score (nSPS) is 10.9. The topological polar surface area (TPSA) is 220 Å². The van der Waals surface area contributed by atoms with Gasteiger partial charge < -0.3 is 4.90 Å². The number of aromatic nitrogens is 3. The number of anilines is 1. The monoisotopic (exact) mass is 370 g/mol. The fourth-order valence-corrected chi connectivity index (χ4v) is 1.97. The van der Waals surface area contributed by atoms with Crippen molar-refractivity contribution in [1.82, 2.24) is 15.0 Å². The molecular formula is C10H14N10O6. The van der Waals surface area contributed by atoms with Crippen LogP contribution >= 0.6 is 0 Å². The molecule has 0 aliphatic heterocycles. The predicted molar refractivity (Wildman–Crippen MR) is 83.6 cm³/mol. The third-order valence-corrected chi connectivity index (χ3v) is 3.02. The molecular weight excluding hydrogens is 356 g/mol. The van der Waals surface area contributed by atoms with Gasteiger partial charge in [-0.25, -0.2) is 4.98 Å². The third kappa shape index (κ3) is 4.04. The fraction of sp³-hybridized carbons (Fsp3) is 0.700. The van der Waals surface area contributed by atoms with Gasteiger partial charge in [0.15, 0.2) is 14.8 Å². The fourth-order valence-electron chi connectivity index (χ4n) is 1.97. The summed E-state index contributed by atoms with van der Waals surface area (Å²) in [6, 6.07) is 0. The van der Waals surface area contributed by atoms with Crippen molar-refractivity contribution in [3.63, 3.8) is 0 Å². The quantitative estimate of drug-likeness (QED) is 0.139. The number of azide groups is 1. The lowest BCUT2D eigenvalue weighted by atomic mass is 10.2. The van der Waals surface area contributed by atoms with Crippen LogP contribution in [0, 0.1) is 36.3 Å². The van der Waals surface area contributed by atoms with Gasteiger partial charge in [-0.3, -0.25) is 30.3 Å². The molecule has 0 saturated carbocycles. The molecule has 16 nitrogen and oxygen atoms in total. The molecule has 0 aliphatic carbocycles. The van der Waals surface area contributed by atoms with E-state index in [2.05, 4.69) is 25.0 Å². The van der Waals surface area contributed by atoms with Gasteiger partial charge in [0.2, 0.25) is 5.95 Å². The van der Waals surface area contributed by atoms with E-state index in [4.69, 9.17) is 5.53 Å².